The number of carbonyl (C=O) groups excluding carboxylic acids is 1. The largest absolute Gasteiger partial charge is 0.462 e. The number of pyridine rings is 2. The Balaban J connectivity index is 2.43. The van der Waals surface area contributed by atoms with Crippen LogP contribution in [0.3, 0.4) is 0 Å². The van der Waals surface area contributed by atoms with Crippen LogP contribution in [0, 0.1) is 5.82 Å². The Morgan fingerprint density at radius 3 is 2.83 bits per heavy atom. The molecule has 3 aromatic heterocycles. The summed E-state index contributed by atoms with van der Waals surface area (Å²) in [5, 5.41) is 10.4. The van der Waals surface area contributed by atoms with Crippen LogP contribution in [-0.2, 0) is 11.8 Å². The molecule has 124 valence electrons. The third-order valence-corrected chi connectivity index (χ3v) is 3.46. The number of fused-ring (bicyclic) bond motifs is 1. The van der Waals surface area contributed by atoms with Crippen LogP contribution in [0.2, 0.25) is 5.15 Å². The highest BCUT2D eigenvalue weighted by atomic mass is 35.5. The average molecular weight is 353 g/mol. The lowest BCUT2D eigenvalue weighted by Gasteiger charge is -2.11. The van der Waals surface area contributed by atoms with Crippen molar-refractivity contribution in [2.45, 2.75) is 6.92 Å². The van der Waals surface area contributed by atoms with Crippen LogP contribution in [0.25, 0.3) is 17.0 Å². The van der Waals surface area contributed by atoms with Gasteiger partial charge in [0.2, 0.25) is 5.43 Å². The lowest BCUT2D eigenvalue weighted by atomic mass is 10.2. The first-order valence-electron chi connectivity index (χ1n) is 6.75. The Labute approximate surface area is 138 Å². The summed E-state index contributed by atoms with van der Waals surface area (Å²) >= 11 is 5.71. The second-order valence-electron chi connectivity index (χ2n) is 4.70. The minimum absolute atomic E-state index is 0.0114. The van der Waals surface area contributed by atoms with Crippen LogP contribution < -0.4 is 5.43 Å². The number of halogens is 2. The minimum Gasteiger partial charge on any atom is -0.462 e. The van der Waals surface area contributed by atoms with Gasteiger partial charge in [-0.05, 0) is 23.4 Å². The smallest absolute Gasteiger partial charge is 0.343 e. The zero-order valence-electron chi connectivity index (χ0n) is 12.5. The van der Waals surface area contributed by atoms with Crippen LogP contribution in [0.1, 0.15) is 17.3 Å². The summed E-state index contributed by atoms with van der Waals surface area (Å²) in [4.78, 5) is 28.4. The Hall–Kier alpha value is -2.88. The fourth-order valence-electron chi connectivity index (χ4n) is 2.14. The first kappa shape index (κ1) is 16.0. The molecule has 0 aromatic carbocycles. The van der Waals surface area contributed by atoms with E-state index in [1.807, 2.05) is 0 Å². The van der Waals surface area contributed by atoms with Crippen LogP contribution in [-0.4, -0.2) is 42.3 Å². The van der Waals surface area contributed by atoms with Crippen molar-refractivity contribution in [3.05, 3.63) is 39.0 Å². The summed E-state index contributed by atoms with van der Waals surface area (Å²) < 4.78 is 21.2. The maximum Gasteiger partial charge on any atom is 0.343 e. The van der Waals surface area contributed by atoms with Gasteiger partial charge >= 0.3 is 5.97 Å². The zero-order chi connectivity index (χ0) is 17.4. The molecule has 0 fully saturated rings. The molecule has 3 rings (SSSR count). The highest BCUT2D eigenvalue weighted by Crippen LogP contribution is 2.20. The van der Waals surface area contributed by atoms with Gasteiger partial charge in [-0.3, -0.25) is 9.36 Å². The first-order valence-corrected chi connectivity index (χ1v) is 7.13. The van der Waals surface area contributed by atoms with Gasteiger partial charge in [0.1, 0.15) is 5.56 Å². The lowest BCUT2D eigenvalue weighted by Crippen LogP contribution is -2.22. The summed E-state index contributed by atoms with van der Waals surface area (Å²) in [5.74, 6) is -1.57. The predicted octanol–water partition coefficient (Wildman–Crippen LogP) is 0.878. The van der Waals surface area contributed by atoms with E-state index in [1.54, 1.807) is 14.0 Å². The van der Waals surface area contributed by atoms with E-state index in [4.69, 9.17) is 16.3 Å². The van der Waals surface area contributed by atoms with Crippen molar-refractivity contribution in [2.75, 3.05) is 6.61 Å². The molecule has 0 spiro atoms. The number of nitrogens with zero attached hydrogens (tertiary/aromatic N) is 6. The topological polar surface area (TPSA) is 105 Å². The number of tetrazole rings is 1. The van der Waals surface area contributed by atoms with E-state index in [2.05, 4.69) is 20.5 Å². The standard InChI is InChI=1S/C13H10ClFN6O3/c1-3-24-12(23)7-5-21(13-17-18-19-20(13)2)11-6(9(7)22)4-8(15)10(14)16-11/h4-5H,3H2,1-2H3. The van der Waals surface area contributed by atoms with Gasteiger partial charge in [0, 0.05) is 13.2 Å². The van der Waals surface area contributed by atoms with Gasteiger partial charge in [0.25, 0.3) is 5.95 Å². The molecule has 0 radical (unpaired) electrons. The second-order valence-corrected chi connectivity index (χ2v) is 5.06. The molecule has 0 saturated carbocycles. The van der Waals surface area contributed by atoms with E-state index >= 15 is 0 Å². The number of aromatic nitrogens is 6. The first-order chi connectivity index (χ1) is 11.4. The number of hydrogen-bond acceptors (Lipinski definition) is 7. The molecule has 9 nitrogen and oxygen atoms in total. The van der Waals surface area contributed by atoms with Crippen LogP contribution >= 0.6 is 11.6 Å². The minimum atomic E-state index is -0.884. The SMILES string of the molecule is CCOC(=O)c1cn(-c2nnnn2C)c2nc(Cl)c(F)cc2c1=O. The van der Waals surface area contributed by atoms with Gasteiger partial charge in [0.15, 0.2) is 16.6 Å². The molecule has 24 heavy (non-hydrogen) atoms. The monoisotopic (exact) mass is 352 g/mol. The lowest BCUT2D eigenvalue weighted by molar-refractivity contribution is 0.0524. The Bertz CT molecular complexity index is 1010. The van der Waals surface area contributed by atoms with E-state index < -0.39 is 22.4 Å². The molecule has 0 atom stereocenters. The number of ether oxygens (including phenoxy) is 1. The summed E-state index contributed by atoms with van der Waals surface area (Å²) in [7, 11) is 1.55. The predicted molar refractivity (Wildman–Crippen MR) is 80.6 cm³/mol. The molecule has 0 aliphatic rings. The van der Waals surface area contributed by atoms with Crippen LogP contribution in [0.15, 0.2) is 17.1 Å². The van der Waals surface area contributed by atoms with Crippen molar-refractivity contribution in [1.82, 2.24) is 29.8 Å². The molecular formula is C13H10ClFN6O3. The van der Waals surface area contributed by atoms with Crippen LogP contribution in [0.5, 0.6) is 0 Å². The van der Waals surface area contributed by atoms with E-state index in [9.17, 15) is 14.0 Å². The highest BCUT2D eigenvalue weighted by molar-refractivity contribution is 6.29. The van der Waals surface area contributed by atoms with E-state index in [-0.39, 0.29) is 29.2 Å². The van der Waals surface area contributed by atoms with Gasteiger partial charge in [0.05, 0.1) is 12.0 Å². The van der Waals surface area contributed by atoms with E-state index in [0.717, 1.165) is 6.07 Å². The molecule has 3 aromatic rings. The van der Waals surface area contributed by atoms with E-state index in [1.165, 1.54) is 15.4 Å². The molecule has 0 saturated heterocycles. The molecule has 0 N–H and O–H groups in total. The normalized spacial score (nSPS) is 11.0. The molecule has 0 amide bonds. The Kier molecular flexibility index (Phi) is 3.97. The number of esters is 1. The molecule has 0 bridgehead atoms. The van der Waals surface area contributed by atoms with Gasteiger partial charge in [-0.2, -0.15) is 0 Å². The zero-order valence-corrected chi connectivity index (χ0v) is 13.3. The second kappa shape index (κ2) is 5.96. The van der Waals surface area contributed by atoms with Crippen molar-refractivity contribution in [1.29, 1.82) is 0 Å². The Morgan fingerprint density at radius 2 is 2.21 bits per heavy atom. The molecule has 0 unspecified atom stereocenters. The van der Waals surface area contributed by atoms with Crippen molar-refractivity contribution < 1.29 is 13.9 Å². The van der Waals surface area contributed by atoms with Crippen molar-refractivity contribution in [3.63, 3.8) is 0 Å². The molecule has 0 aliphatic heterocycles. The summed E-state index contributed by atoms with van der Waals surface area (Å²) in [6.45, 7) is 1.68. The Morgan fingerprint density at radius 1 is 1.46 bits per heavy atom. The number of hydrogen-bond donors (Lipinski definition) is 0. The van der Waals surface area contributed by atoms with Crippen LogP contribution in [0.4, 0.5) is 4.39 Å². The third kappa shape index (κ3) is 2.50. The van der Waals surface area contributed by atoms with E-state index in [0.29, 0.717) is 0 Å². The van der Waals surface area contributed by atoms with Crippen molar-refractivity contribution in [2.24, 2.45) is 7.05 Å². The molecular weight excluding hydrogens is 343 g/mol. The van der Waals surface area contributed by atoms with Gasteiger partial charge < -0.3 is 4.74 Å². The highest BCUT2D eigenvalue weighted by Gasteiger charge is 2.21. The molecule has 0 aliphatic carbocycles. The number of rotatable bonds is 3. The number of aryl methyl sites for hydroxylation is 1. The van der Waals surface area contributed by atoms with Crippen molar-refractivity contribution >= 4 is 28.6 Å². The third-order valence-electron chi connectivity index (χ3n) is 3.20. The summed E-state index contributed by atoms with van der Waals surface area (Å²) in [6, 6.07) is 0.913. The van der Waals surface area contributed by atoms with Gasteiger partial charge in [-0.25, -0.2) is 18.9 Å². The average Bonchev–Trinajstić information content (AvgIpc) is 2.96. The van der Waals surface area contributed by atoms with Gasteiger partial charge in [-0.15, -0.1) is 0 Å². The quantitative estimate of drug-likeness (QED) is 0.509. The molecule has 11 heteroatoms. The molecule has 3 heterocycles. The maximum atomic E-state index is 13.8. The summed E-state index contributed by atoms with van der Waals surface area (Å²) in [5.41, 5.74) is -1.01. The number of carbonyl (C=O) groups is 1. The summed E-state index contributed by atoms with van der Waals surface area (Å²) in [6.07, 6.45) is 1.19. The van der Waals surface area contributed by atoms with Crippen molar-refractivity contribution in [3.8, 4) is 5.95 Å². The maximum absolute atomic E-state index is 13.8. The fourth-order valence-corrected chi connectivity index (χ4v) is 2.27. The fraction of sp³-hybridized carbons (Fsp3) is 0.231. The van der Waals surface area contributed by atoms with Gasteiger partial charge in [-0.1, -0.05) is 16.7 Å².